The lowest BCUT2D eigenvalue weighted by Gasteiger charge is -2.32. The molecule has 46 heavy (non-hydrogen) atoms. The third-order valence-electron chi connectivity index (χ3n) is 8.71. The van der Waals surface area contributed by atoms with Crippen LogP contribution in [-0.4, -0.2) is 50.6 Å². The molecular formula is C36H42FN5O4. The SMILES string of the molecule is CC(C)(C)[C@H](NC(=O)[C@H](CC1CCCC1)CN(O)C=O)C(=O)Nc1ccc2c(c1)nc(-c1ccc(F)cc1)n2Cc1ccccc1. The Bertz CT molecular complexity index is 1660. The van der Waals surface area contributed by atoms with Crippen LogP contribution in [-0.2, 0) is 20.9 Å². The van der Waals surface area contributed by atoms with Gasteiger partial charge in [0, 0.05) is 17.8 Å². The summed E-state index contributed by atoms with van der Waals surface area (Å²) < 4.78 is 15.8. The zero-order valence-corrected chi connectivity index (χ0v) is 26.6. The molecule has 1 saturated carbocycles. The largest absolute Gasteiger partial charge is 0.343 e. The lowest BCUT2D eigenvalue weighted by atomic mass is 9.85. The number of amides is 3. The number of hydrogen-bond donors (Lipinski definition) is 3. The predicted molar refractivity (Wildman–Crippen MR) is 175 cm³/mol. The van der Waals surface area contributed by atoms with Gasteiger partial charge in [-0.15, -0.1) is 0 Å². The summed E-state index contributed by atoms with van der Waals surface area (Å²) in [4.78, 5) is 43.3. The average Bonchev–Trinajstić information content (AvgIpc) is 3.67. The van der Waals surface area contributed by atoms with Gasteiger partial charge in [0.2, 0.25) is 18.2 Å². The molecule has 2 atom stereocenters. The van der Waals surface area contributed by atoms with Crippen molar-refractivity contribution in [3.05, 3.63) is 84.2 Å². The number of carbonyl (C=O) groups excluding carboxylic acids is 3. The first-order chi connectivity index (χ1) is 22.0. The topological polar surface area (TPSA) is 117 Å². The van der Waals surface area contributed by atoms with Gasteiger partial charge >= 0.3 is 0 Å². The van der Waals surface area contributed by atoms with Gasteiger partial charge in [-0.25, -0.2) is 14.4 Å². The smallest absolute Gasteiger partial charge is 0.247 e. The number of rotatable bonds is 12. The molecule has 0 radical (unpaired) electrons. The van der Waals surface area contributed by atoms with Crippen LogP contribution in [0.2, 0.25) is 0 Å². The third-order valence-corrected chi connectivity index (χ3v) is 8.71. The van der Waals surface area contributed by atoms with Gasteiger partial charge in [-0.3, -0.25) is 19.6 Å². The minimum Gasteiger partial charge on any atom is -0.343 e. The summed E-state index contributed by atoms with van der Waals surface area (Å²) in [7, 11) is 0. The average molecular weight is 628 g/mol. The molecule has 1 heterocycles. The Balaban J connectivity index is 1.39. The van der Waals surface area contributed by atoms with E-state index in [1.807, 2.05) is 57.2 Å². The summed E-state index contributed by atoms with van der Waals surface area (Å²) in [5, 5.41) is 16.3. The molecule has 1 fully saturated rings. The molecule has 10 heteroatoms. The maximum Gasteiger partial charge on any atom is 0.247 e. The van der Waals surface area contributed by atoms with Gasteiger partial charge in [-0.1, -0.05) is 76.8 Å². The summed E-state index contributed by atoms with van der Waals surface area (Å²) >= 11 is 0. The second-order valence-electron chi connectivity index (χ2n) is 13.3. The van der Waals surface area contributed by atoms with Gasteiger partial charge in [0.1, 0.15) is 17.7 Å². The Morgan fingerprint density at radius 2 is 1.74 bits per heavy atom. The monoisotopic (exact) mass is 627 g/mol. The highest BCUT2D eigenvalue weighted by Crippen LogP contribution is 2.32. The lowest BCUT2D eigenvalue weighted by molar-refractivity contribution is -0.155. The van der Waals surface area contributed by atoms with Crippen LogP contribution in [0.1, 0.15) is 58.4 Å². The number of imidazole rings is 1. The van der Waals surface area contributed by atoms with Crippen molar-refractivity contribution in [1.29, 1.82) is 0 Å². The van der Waals surface area contributed by atoms with E-state index in [-0.39, 0.29) is 18.3 Å². The van der Waals surface area contributed by atoms with Crippen LogP contribution < -0.4 is 10.6 Å². The van der Waals surface area contributed by atoms with Crippen LogP contribution in [0.3, 0.4) is 0 Å². The highest BCUT2D eigenvalue weighted by Gasteiger charge is 2.36. The molecule has 0 saturated heterocycles. The number of carbonyl (C=O) groups is 3. The van der Waals surface area contributed by atoms with E-state index in [1.165, 1.54) is 12.1 Å². The fourth-order valence-corrected chi connectivity index (χ4v) is 6.28. The Morgan fingerprint density at radius 3 is 2.39 bits per heavy atom. The molecule has 4 aromatic rings. The molecule has 242 valence electrons. The molecule has 5 rings (SSSR count). The second-order valence-corrected chi connectivity index (χ2v) is 13.3. The van der Waals surface area contributed by atoms with E-state index in [1.54, 1.807) is 24.3 Å². The normalized spacial score (nSPS) is 15.0. The van der Waals surface area contributed by atoms with Crippen molar-refractivity contribution in [2.24, 2.45) is 17.3 Å². The Kier molecular flexibility index (Phi) is 10.2. The molecule has 1 aromatic heterocycles. The molecular weight excluding hydrogens is 585 g/mol. The molecule has 0 unspecified atom stereocenters. The van der Waals surface area contributed by atoms with E-state index in [9.17, 15) is 24.0 Å². The van der Waals surface area contributed by atoms with Gasteiger partial charge in [-0.05, 0) is 65.8 Å². The summed E-state index contributed by atoms with van der Waals surface area (Å²) in [5.74, 6) is -0.733. The van der Waals surface area contributed by atoms with Crippen molar-refractivity contribution >= 4 is 34.9 Å². The lowest BCUT2D eigenvalue weighted by Crippen LogP contribution is -2.54. The maximum absolute atomic E-state index is 13.7. The van der Waals surface area contributed by atoms with Crippen molar-refractivity contribution in [2.45, 2.75) is 65.5 Å². The van der Waals surface area contributed by atoms with E-state index in [0.29, 0.717) is 47.4 Å². The van der Waals surface area contributed by atoms with E-state index >= 15 is 0 Å². The number of nitrogens with zero attached hydrogens (tertiary/aromatic N) is 3. The first-order valence-electron chi connectivity index (χ1n) is 15.8. The molecule has 1 aliphatic carbocycles. The molecule has 3 aromatic carbocycles. The van der Waals surface area contributed by atoms with Crippen LogP contribution in [0.15, 0.2) is 72.8 Å². The molecule has 3 N–H and O–H groups in total. The third kappa shape index (κ3) is 7.98. The van der Waals surface area contributed by atoms with Crippen LogP contribution in [0.4, 0.5) is 10.1 Å². The van der Waals surface area contributed by atoms with Gasteiger partial charge in [0.05, 0.1) is 23.5 Å². The minimum absolute atomic E-state index is 0.136. The molecule has 1 aliphatic rings. The molecule has 0 bridgehead atoms. The summed E-state index contributed by atoms with van der Waals surface area (Å²) in [6, 6.07) is 20.8. The van der Waals surface area contributed by atoms with E-state index < -0.39 is 23.3 Å². The minimum atomic E-state index is -0.893. The van der Waals surface area contributed by atoms with Crippen molar-refractivity contribution in [1.82, 2.24) is 19.9 Å². The van der Waals surface area contributed by atoms with Crippen molar-refractivity contribution in [3.63, 3.8) is 0 Å². The van der Waals surface area contributed by atoms with Crippen LogP contribution in [0.25, 0.3) is 22.4 Å². The fraction of sp³-hybridized carbons (Fsp3) is 0.389. The zero-order valence-electron chi connectivity index (χ0n) is 26.6. The highest BCUT2D eigenvalue weighted by atomic mass is 19.1. The molecule has 0 aliphatic heterocycles. The van der Waals surface area contributed by atoms with E-state index in [0.717, 1.165) is 42.3 Å². The molecule has 3 amide bonds. The molecule has 9 nitrogen and oxygen atoms in total. The number of benzene rings is 3. The predicted octanol–water partition coefficient (Wildman–Crippen LogP) is 6.40. The summed E-state index contributed by atoms with van der Waals surface area (Å²) in [6.07, 6.45) is 5.04. The Morgan fingerprint density at radius 1 is 1.04 bits per heavy atom. The zero-order chi connectivity index (χ0) is 32.8. The second kappa shape index (κ2) is 14.2. The van der Waals surface area contributed by atoms with Crippen molar-refractivity contribution < 1.29 is 24.0 Å². The van der Waals surface area contributed by atoms with Crippen LogP contribution in [0.5, 0.6) is 0 Å². The van der Waals surface area contributed by atoms with Gasteiger partial charge in [0.15, 0.2) is 0 Å². The fourth-order valence-electron chi connectivity index (χ4n) is 6.28. The quantitative estimate of drug-likeness (QED) is 0.0955. The highest BCUT2D eigenvalue weighted by molar-refractivity contribution is 5.99. The number of hydroxylamine groups is 2. The number of anilines is 1. The standard InChI is InChI=1S/C36H42FN5O4/c1-36(2,3)32(40-34(44)27(22-41(46)23-43)19-24-9-7-8-10-24)35(45)38-29-17-18-31-30(20-29)39-33(26-13-15-28(37)16-14-26)42(31)21-25-11-5-4-6-12-25/h4-6,11-18,20,23-24,27,32,46H,7-10,19,21-22H2,1-3H3,(H,38,45)(H,40,44)/t27-,32-/m1/s1. The number of fused-ring (bicyclic) bond motifs is 1. The Labute approximate surface area is 268 Å². The summed E-state index contributed by atoms with van der Waals surface area (Å²) in [6.45, 7) is 6.03. The van der Waals surface area contributed by atoms with Crippen LogP contribution >= 0.6 is 0 Å². The first-order valence-corrected chi connectivity index (χ1v) is 15.8. The number of nitrogens with one attached hydrogen (secondary N) is 2. The number of halogens is 1. The van der Waals surface area contributed by atoms with E-state index in [4.69, 9.17) is 4.98 Å². The summed E-state index contributed by atoms with van der Waals surface area (Å²) in [5.41, 5.74) is 3.21. The first kappa shape index (κ1) is 32.8. The van der Waals surface area contributed by atoms with E-state index in [2.05, 4.69) is 15.2 Å². The molecule has 0 spiro atoms. The number of hydrogen-bond acceptors (Lipinski definition) is 5. The number of aromatic nitrogens is 2. The van der Waals surface area contributed by atoms with Crippen LogP contribution in [0, 0.1) is 23.1 Å². The van der Waals surface area contributed by atoms with Gasteiger partial charge in [0.25, 0.3) is 0 Å². The van der Waals surface area contributed by atoms with Gasteiger partial charge < -0.3 is 15.2 Å². The van der Waals surface area contributed by atoms with Crippen molar-refractivity contribution in [2.75, 3.05) is 11.9 Å². The Hall–Kier alpha value is -4.57. The maximum atomic E-state index is 13.7. The van der Waals surface area contributed by atoms with Crippen molar-refractivity contribution in [3.8, 4) is 11.4 Å². The van der Waals surface area contributed by atoms with Gasteiger partial charge in [-0.2, -0.15) is 0 Å².